The van der Waals surface area contributed by atoms with Crippen LogP contribution < -0.4 is 14.8 Å². The van der Waals surface area contributed by atoms with Crippen LogP contribution in [0.4, 0.5) is 10.9 Å². The first-order valence-corrected chi connectivity index (χ1v) is 9.19. The zero-order valence-corrected chi connectivity index (χ0v) is 15.7. The van der Waals surface area contributed by atoms with Crippen molar-refractivity contribution in [3.63, 3.8) is 0 Å². The molecule has 8 heteroatoms. The summed E-state index contributed by atoms with van der Waals surface area (Å²) in [5.41, 5.74) is 2.90. The van der Waals surface area contributed by atoms with E-state index in [-0.39, 0.29) is 0 Å². The Bertz CT molecular complexity index is 1070. The summed E-state index contributed by atoms with van der Waals surface area (Å²) in [6.07, 6.45) is 6.72. The van der Waals surface area contributed by atoms with Crippen molar-refractivity contribution in [3.05, 3.63) is 49.1 Å². The molecule has 1 aromatic carbocycles. The maximum Gasteiger partial charge on any atom is 0.256 e. The maximum absolute atomic E-state index is 5.49. The Morgan fingerprint density at radius 2 is 2.00 bits per heavy atom. The third kappa shape index (κ3) is 3.65. The Labute approximate surface area is 160 Å². The molecule has 3 aromatic heterocycles. The summed E-state index contributed by atoms with van der Waals surface area (Å²) in [4.78, 5) is 17.2. The number of pyridine rings is 1. The molecule has 0 fully saturated rings. The molecule has 136 valence electrons. The summed E-state index contributed by atoms with van der Waals surface area (Å²) in [6.45, 7) is 2.45. The van der Waals surface area contributed by atoms with Gasteiger partial charge in [0.2, 0.25) is 0 Å². The number of hydrogen-bond acceptors (Lipinski definition) is 8. The van der Waals surface area contributed by atoms with Crippen LogP contribution in [-0.4, -0.2) is 33.7 Å². The summed E-state index contributed by atoms with van der Waals surface area (Å²) < 4.78 is 11.9. The first kappa shape index (κ1) is 17.2. The summed E-state index contributed by atoms with van der Waals surface area (Å²) >= 11 is 1.56. The lowest BCUT2D eigenvalue weighted by Gasteiger charge is -2.09. The monoisotopic (exact) mass is 379 g/mol. The van der Waals surface area contributed by atoms with Crippen LogP contribution >= 0.6 is 11.3 Å². The largest absolute Gasteiger partial charge is 0.491 e. The second-order valence-corrected chi connectivity index (χ2v) is 6.61. The number of thiazole rings is 1. The molecule has 7 nitrogen and oxygen atoms in total. The summed E-state index contributed by atoms with van der Waals surface area (Å²) in [6, 6.07) is 8.03. The highest BCUT2D eigenvalue weighted by molar-refractivity contribution is 7.22. The minimum absolute atomic E-state index is 0.498. The number of fused-ring (bicyclic) bond motifs is 1. The lowest BCUT2D eigenvalue weighted by atomic mass is 10.1. The Balaban J connectivity index is 1.65. The number of benzene rings is 1. The average Bonchev–Trinajstić information content (AvgIpc) is 3.10. The predicted octanol–water partition coefficient (Wildman–Crippen LogP) is 4.30. The van der Waals surface area contributed by atoms with Gasteiger partial charge in [-0.2, -0.15) is 0 Å². The van der Waals surface area contributed by atoms with Crippen LogP contribution in [0.25, 0.3) is 21.3 Å². The van der Waals surface area contributed by atoms with Crippen molar-refractivity contribution in [1.29, 1.82) is 0 Å². The van der Waals surface area contributed by atoms with Crippen molar-refractivity contribution in [1.82, 2.24) is 19.9 Å². The van der Waals surface area contributed by atoms with E-state index in [1.807, 2.05) is 25.1 Å². The van der Waals surface area contributed by atoms with Crippen molar-refractivity contribution >= 4 is 32.5 Å². The first-order valence-electron chi connectivity index (χ1n) is 8.37. The van der Waals surface area contributed by atoms with Crippen LogP contribution in [0.1, 0.15) is 6.92 Å². The molecule has 0 saturated carbocycles. The Kier molecular flexibility index (Phi) is 4.80. The van der Waals surface area contributed by atoms with Gasteiger partial charge < -0.3 is 14.8 Å². The van der Waals surface area contributed by atoms with Crippen molar-refractivity contribution in [2.45, 2.75) is 6.92 Å². The van der Waals surface area contributed by atoms with E-state index in [0.29, 0.717) is 24.1 Å². The fourth-order valence-electron chi connectivity index (χ4n) is 2.61. The van der Waals surface area contributed by atoms with Crippen LogP contribution in [-0.2, 0) is 0 Å². The molecule has 0 amide bonds. The van der Waals surface area contributed by atoms with Gasteiger partial charge in [0.15, 0.2) is 16.7 Å². The first-order chi connectivity index (χ1) is 13.3. The number of nitrogens with one attached hydrogen (secondary N) is 1. The van der Waals surface area contributed by atoms with Gasteiger partial charge in [-0.15, -0.1) is 0 Å². The molecule has 1 N–H and O–H groups in total. The molecule has 0 aliphatic heterocycles. The molecule has 0 unspecified atom stereocenters. The van der Waals surface area contributed by atoms with E-state index in [1.165, 1.54) is 0 Å². The van der Waals surface area contributed by atoms with E-state index >= 15 is 0 Å². The zero-order valence-electron chi connectivity index (χ0n) is 14.8. The SMILES string of the molecule is CCOc1ncc(-c2ccc3nc(Nc4cnccn4)sc3c2)cc1OC. The summed E-state index contributed by atoms with van der Waals surface area (Å²) in [7, 11) is 1.61. The Morgan fingerprint density at radius 1 is 1.07 bits per heavy atom. The molecule has 0 aliphatic rings. The smallest absolute Gasteiger partial charge is 0.256 e. The highest BCUT2D eigenvalue weighted by Crippen LogP contribution is 2.34. The highest BCUT2D eigenvalue weighted by atomic mass is 32.1. The van der Waals surface area contributed by atoms with E-state index in [1.54, 1.807) is 43.2 Å². The van der Waals surface area contributed by atoms with E-state index in [9.17, 15) is 0 Å². The lowest BCUT2D eigenvalue weighted by molar-refractivity contribution is 0.298. The Hall–Kier alpha value is -3.26. The molecule has 4 rings (SSSR count). The molecular weight excluding hydrogens is 362 g/mol. The molecule has 0 atom stereocenters. The van der Waals surface area contributed by atoms with Gasteiger partial charge in [0.1, 0.15) is 0 Å². The number of nitrogens with zero attached hydrogens (tertiary/aromatic N) is 4. The van der Waals surface area contributed by atoms with Crippen LogP contribution in [0.5, 0.6) is 11.6 Å². The number of anilines is 2. The molecule has 0 radical (unpaired) electrons. The molecule has 0 bridgehead atoms. The summed E-state index contributed by atoms with van der Waals surface area (Å²) in [5, 5.41) is 3.95. The van der Waals surface area contributed by atoms with Gasteiger partial charge in [-0.05, 0) is 30.7 Å². The Morgan fingerprint density at radius 3 is 2.78 bits per heavy atom. The molecule has 0 aliphatic carbocycles. The van der Waals surface area contributed by atoms with Gasteiger partial charge >= 0.3 is 0 Å². The standard InChI is InChI=1S/C19H17N5O2S/c1-3-26-18-15(25-2)8-13(10-22-18)12-4-5-14-16(9-12)27-19(23-14)24-17-11-20-6-7-21-17/h4-11H,3H2,1-2H3,(H,21,23,24). The fraction of sp³-hybridized carbons (Fsp3) is 0.158. The summed E-state index contributed by atoms with van der Waals surface area (Å²) in [5.74, 6) is 1.78. The third-order valence-electron chi connectivity index (χ3n) is 3.84. The van der Waals surface area contributed by atoms with E-state index in [0.717, 1.165) is 26.5 Å². The van der Waals surface area contributed by atoms with Crippen LogP contribution in [0.3, 0.4) is 0 Å². The zero-order chi connectivity index (χ0) is 18.6. The maximum atomic E-state index is 5.49. The van der Waals surface area contributed by atoms with Crippen molar-refractivity contribution < 1.29 is 9.47 Å². The van der Waals surface area contributed by atoms with Crippen LogP contribution in [0.15, 0.2) is 49.1 Å². The van der Waals surface area contributed by atoms with Crippen molar-refractivity contribution in [2.24, 2.45) is 0 Å². The van der Waals surface area contributed by atoms with Crippen LogP contribution in [0, 0.1) is 0 Å². The van der Waals surface area contributed by atoms with Gasteiger partial charge in [0.05, 0.1) is 30.1 Å². The topological polar surface area (TPSA) is 82.1 Å². The van der Waals surface area contributed by atoms with E-state index in [2.05, 4.69) is 31.3 Å². The molecule has 4 aromatic rings. The molecule has 0 spiro atoms. The molecular formula is C19H17N5O2S. The van der Waals surface area contributed by atoms with Gasteiger partial charge in [-0.25, -0.2) is 15.0 Å². The second kappa shape index (κ2) is 7.55. The van der Waals surface area contributed by atoms with Gasteiger partial charge in [-0.3, -0.25) is 4.98 Å². The van der Waals surface area contributed by atoms with E-state index < -0.39 is 0 Å². The third-order valence-corrected chi connectivity index (χ3v) is 4.77. The normalized spacial score (nSPS) is 10.7. The average molecular weight is 379 g/mol. The molecule has 3 heterocycles. The fourth-order valence-corrected chi connectivity index (χ4v) is 3.52. The van der Waals surface area contributed by atoms with Gasteiger partial charge in [0.25, 0.3) is 5.88 Å². The quantitative estimate of drug-likeness (QED) is 0.535. The lowest BCUT2D eigenvalue weighted by Crippen LogP contribution is -1.98. The molecule has 0 saturated heterocycles. The van der Waals surface area contributed by atoms with Gasteiger partial charge in [-0.1, -0.05) is 17.4 Å². The number of methoxy groups -OCH3 is 1. The molecule has 27 heavy (non-hydrogen) atoms. The highest BCUT2D eigenvalue weighted by Gasteiger charge is 2.11. The van der Waals surface area contributed by atoms with E-state index in [4.69, 9.17) is 9.47 Å². The van der Waals surface area contributed by atoms with Gasteiger partial charge in [0, 0.05) is 24.2 Å². The predicted molar refractivity (Wildman–Crippen MR) is 106 cm³/mol. The van der Waals surface area contributed by atoms with Crippen LogP contribution in [0.2, 0.25) is 0 Å². The number of aromatic nitrogens is 4. The number of hydrogen-bond donors (Lipinski definition) is 1. The number of ether oxygens (including phenoxy) is 2. The second-order valence-electron chi connectivity index (χ2n) is 5.58. The minimum atomic E-state index is 0.498. The van der Waals surface area contributed by atoms with Crippen molar-refractivity contribution in [2.75, 3.05) is 19.0 Å². The van der Waals surface area contributed by atoms with Crippen molar-refractivity contribution in [3.8, 4) is 22.8 Å². The number of rotatable bonds is 6. The minimum Gasteiger partial charge on any atom is -0.491 e.